The Kier molecular flexibility index (Phi) is 3.68. The molecule has 18 heavy (non-hydrogen) atoms. The number of rotatable bonds is 2. The average molecular weight is 260 g/mol. The van der Waals surface area contributed by atoms with Crippen LogP contribution in [0.4, 0.5) is 5.69 Å². The maximum absolute atomic E-state index is 12.0. The number of carbonyl (C=O) groups is 1. The number of aryl methyl sites for hydroxylation is 2. The van der Waals surface area contributed by atoms with Crippen LogP contribution in [-0.4, -0.2) is 5.91 Å². The molecule has 2 aromatic rings. The van der Waals surface area contributed by atoms with Crippen LogP contribution in [-0.2, 0) is 0 Å². The van der Waals surface area contributed by atoms with Crippen LogP contribution in [0.25, 0.3) is 0 Å². The Labute approximate surface area is 112 Å². The Morgan fingerprint density at radius 3 is 2.50 bits per heavy atom. The zero-order chi connectivity index (χ0) is 13.1. The third-order valence-electron chi connectivity index (χ3n) is 2.85. The summed E-state index contributed by atoms with van der Waals surface area (Å²) in [5.41, 5.74) is 3.71. The van der Waals surface area contributed by atoms with Crippen LogP contribution in [0.5, 0.6) is 0 Å². The van der Waals surface area contributed by atoms with Gasteiger partial charge in [-0.3, -0.25) is 4.79 Å². The summed E-state index contributed by atoms with van der Waals surface area (Å²) in [5, 5.41) is 3.41. The fourth-order valence-electron chi connectivity index (χ4n) is 1.65. The van der Waals surface area contributed by atoms with E-state index in [-0.39, 0.29) is 5.91 Å². The van der Waals surface area contributed by atoms with Crippen LogP contribution in [0.1, 0.15) is 21.5 Å². The smallest absolute Gasteiger partial charge is 0.255 e. The van der Waals surface area contributed by atoms with E-state index in [4.69, 9.17) is 11.6 Å². The molecule has 0 radical (unpaired) electrons. The van der Waals surface area contributed by atoms with Gasteiger partial charge in [-0.15, -0.1) is 0 Å². The van der Waals surface area contributed by atoms with Gasteiger partial charge in [0.05, 0.1) is 0 Å². The molecule has 1 N–H and O–H groups in total. The lowest BCUT2D eigenvalue weighted by Crippen LogP contribution is -2.11. The highest BCUT2D eigenvalue weighted by Gasteiger charge is 2.06. The van der Waals surface area contributed by atoms with E-state index in [0.717, 1.165) is 11.3 Å². The lowest BCUT2D eigenvalue weighted by Gasteiger charge is -2.07. The van der Waals surface area contributed by atoms with Gasteiger partial charge in [0.2, 0.25) is 0 Å². The predicted molar refractivity (Wildman–Crippen MR) is 75.3 cm³/mol. The van der Waals surface area contributed by atoms with Crippen LogP contribution in [0, 0.1) is 13.8 Å². The molecule has 2 rings (SSSR count). The number of benzene rings is 2. The van der Waals surface area contributed by atoms with Gasteiger partial charge < -0.3 is 5.32 Å². The van der Waals surface area contributed by atoms with Gasteiger partial charge in [-0.25, -0.2) is 0 Å². The van der Waals surface area contributed by atoms with Crippen LogP contribution in [0.3, 0.4) is 0 Å². The Balaban J connectivity index is 2.18. The molecule has 1 amide bonds. The van der Waals surface area contributed by atoms with Crippen molar-refractivity contribution in [3.05, 3.63) is 64.2 Å². The minimum atomic E-state index is -0.152. The number of carbonyl (C=O) groups excluding carboxylic acids is 1. The highest BCUT2D eigenvalue weighted by molar-refractivity contribution is 6.31. The number of hydrogen-bond acceptors (Lipinski definition) is 1. The number of hydrogen-bond donors (Lipinski definition) is 1. The Morgan fingerprint density at radius 2 is 1.83 bits per heavy atom. The lowest BCUT2D eigenvalue weighted by molar-refractivity contribution is 0.102. The molecular weight excluding hydrogens is 246 g/mol. The standard InChI is InChI=1S/C15H14ClNO/c1-10-6-7-14(8-11(10)2)17-15(18)12-4-3-5-13(16)9-12/h3-9H,1-2H3,(H,17,18). The highest BCUT2D eigenvalue weighted by atomic mass is 35.5. The van der Waals surface area contributed by atoms with E-state index in [1.165, 1.54) is 5.56 Å². The van der Waals surface area contributed by atoms with Gasteiger partial charge in [0.1, 0.15) is 0 Å². The van der Waals surface area contributed by atoms with E-state index < -0.39 is 0 Å². The second-order valence-electron chi connectivity index (χ2n) is 4.26. The van der Waals surface area contributed by atoms with Gasteiger partial charge in [0.15, 0.2) is 0 Å². The van der Waals surface area contributed by atoms with E-state index in [2.05, 4.69) is 5.32 Å². The van der Waals surface area contributed by atoms with Gasteiger partial charge in [0.25, 0.3) is 5.91 Å². The summed E-state index contributed by atoms with van der Waals surface area (Å²) in [5.74, 6) is -0.152. The molecule has 2 nitrogen and oxygen atoms in total. The summed E-state index contributed by atoms with van der Waals surface area (Å²) in [6.45, 7) is 4.06. The van der Waals surface area contributed by atoms with E-state index in [1.54, 1.807) is 24.3 Å². The summed E-state index contributed by atoms with van der Waals surface area (Å²) in [6.07, 6.45) is 0. The first-order valence-electron chi connectivity index (χ1n) is 5.70. The van der Waals surface area contributed by atoms with Crippen molar-refractivity contribution >= 4 is 23.2 Å². The zero-order valence-corrected chi connectivity index (χ0v) is 11.1. The second kappa shape index (κ2) is 5.23. The van der Waals surface area contributed by atoms with Gasteiger partial charge in [-0.2, -0.15) is 0 Å². The van der Waals surface area contributed by atoms with Crippen molar-refractivity contribution in [1.29, 1.82) is 0 Å². The molecule has 2 aromatic carbocycles. The minimum absolute atomic E-state index is 0.152. The largest absolute Gasteiger partial charge is 0.322 e. The molecule has 0 atom stereocenters. The molecule has 0 aliphatic rings. The quantitative estimate of drug-likeness (QED) is 0.860. The first-order chi connectivity index (χ1) is 8.56. The van der Waals surface area contributed by atoms with Crippen molar-refractivity contribution in [2.45, 2.75) is 13.8 Å². The van der Waals surface area contributed by atoms with Crippen LogP contribution < -0.4 is 5.32 Å². The zero-order valence-electron chi connectivity index (χ0n) is 10.3. The highest BCUT2D eigenvalue weighted by Crippen LogP contribution is 2.16. The molecule has 0 heterocycles. The first kappa shape index (κ1) is 12.7. The van der Waals surface area contributed by atoms with Crippen LogP contribution >= 0.6 is 11.6 Å². The summed E-state index contributed by atoms with van der Waals surface area (Å²) >= 11 is 5.86. The van der Waals surface area contributed by atoms with Crippen molar-refractivity contribution < 1.29 is 4.79 Å². The van der Waals surface area contributed by atoms with Crippen molar-refractivity contribution in [3.8, 4) is 0 Å². The van der Waals surface area contributed by atoms with Gasteiger partial charge in [0, 0.05) is 16.3 Å². The average Bonchev–Trinajstić information content (AvgIpc) is 2.34. The van der Waals surface area contributed by atoms with Crippen molar-refractivity contribution in [3.63, 3.8) is 0 Å². The molecular formula is C15H14ClNO. The molecule has 0 aliphatic heterocycles. The second-order valence-corrected chi connectivity index (χ2v) is 4.70. The molecule has 3 heteroatoms. The molecule has 0 unspecified atom stereocenters. The minimum Gasteiger partial charge on any atom is -0.322 e. The Hall–Kier alpha value is -1.80. The number of halogens is 1. The maximum atomic E-state index is 12.0. The van der Waals surface area contributed by atoms with Crippen molar-refractivity contribution in [1.82, 2.24) is 0 Å². The molecule has 0 spiro atoms. The SMILES string of the molecule is Cc1ccc(NC(=O)c2cccc(Cl)c2)cc1C. The third-order valence-corrected chi connectivity index (χ3v) is 3.09. The predicted octanol–water partition coefficient (Wildman–Crippen LogP) is 4.21. The van der Waals surface area contributed by atoms with Gasteiger partial charge in [-0.05, 0) is 55.3 Å². The fraction of sp³-hybridized carbons (Fsp3) is 0.133. The topological polar surface area (TPSA) is 29.1 Å². The summed E-state index contributed by atoms with van der Waals surface area (Å²) in [4.78, 5) is 12.0. The van der Waals surface area contributed by atoms with E-state index in [9.17, 15) is 4.79 Å². The summed E-state index contributed by atoms with van der Waals surface area (Å²) < 4.78 is 0. The fourth-order valence-corrected chi connectivity index (χ4v) is 1.84. The molecule has 0 fully saturated rings. The van der Waals surface area contributed by atoms with E-state index in [1.807, 2.05) is 32.0 Å². The van der Waals surface area contributed by atoms with Gasteiger partial charge >= 0.3 is 0 Å². The molecule has 0 saturated carbocycles. The maximum Gasteiger partial charge on any atom is 0.255 e. The summed E-state index contributed by atoms with van der Waals surface area (Å²) in [7, 11) is 0. The molecule has 0 saturated heterocycles. The number of amides is 1. The molecule has 0 aromatic heterocycles. The molecule has 0 aliphatic carbocycles. The van der Waals surface area contributed by atoms with Gasteiger partial charge in [-0.1, -0.05) is 23.7 Å². The lowest BCUT2D eigenvalue weighted by atomic mass is 10.1. The Bertz CT molecular complexity index is 593. The first-order valence-corrected chi connectivity index (χ1v) is 6.08. The Morgan fingerprint density at radius 1 is 1.06 bits per heavy atom. The molecule has 92 valence electrons. The third kappa shape index (κ3) is 2.90. The van der Waals surface area contributed by atoms with Crippen molar-refractivity contribution in [2.24, 2.45) is 0 Å². The number of nitrogens with one attached hydrogen (secondary N) is 1. The van der Waals surface area contributed by atoms with E-state index >= 15 is 0 Å². The monoisotopic (exact) mass is 259 g/mol. The van der Waals surface area contributed by atoms with Crippen LogP contribution in [0.15, 0.2) is 42.5 Å². The van der Waals surface area contributed by atoms with Crippen LogP contribution in [0.2, 0.25) is 5.02 Å². The number of anilines is 1. The normalized spacial score (nSPS) is 10.2. The summed E-state index contributed by atoms with van der Waals surface area (Å²) in [6, 6.07) is 12.7. The molecule has 0 bridgehead atoms. The van der Waals surface area contributed by atoms with Crippen molar-refractivity contribution in [2.75, 3.05) is 5.32 Å². The van der Waals surface area contributed by atoms with E-state index in [0.29, 0.717) is 10.6 Å².